The lowest BCUT2D eigenvalue weighted by molar-refractivity contribution is 0.146. The predicted molar refractivity (Wildman–Crippen MR) is 64.8 cm³/mol. The van der Waals surface area contributed by atoms with Gasteiger partial charge < -0.3 is 15.8 Å². The number of carbonyl (C=O) groups is 1. The van der Waals surface area contributed by atoms with E-state index >= 15 is 0 Å². The normalized spacial score (nSPS) is 10.0. The Bertz CT molecular complexity index is 204. The number of amides is 1. The van der Waals surface area contributed by atoms with E-state index in [-0.39, 0.29) is 6.09 Å². The Balaban J connectivity index is 0. The standard InChI is InChI=1S/C7H16N2O2.C2H5O3P/c1-2-6-11-7(10)9-5-3-4-8;1-2-5-6(3)4/h2-6,8H2,1H3,(H,9,10);2H2,1H3/p+1. The van der Waals surface area contributed by atoms with Gasteiger partial charge in [0.15, 0.2) is 0 Å². The van der Waals surface area contributed by atoms with Crippen LogP contribution in [0.3, 0.4) is 0 Å². The molecule has 0 aliphatic carbocycles. The van der Waals surface area contributed by atoms with Crippen LogP contribution in [0.4, 0.5) is 4.79 Å². The number of hydrogen-bond donors (Lipinski definition) is 3. The minimum absolute atomic E-state index is 0.297. The molecule has 1 unspecified atom stereocenters. The maximum absolute atomic E-state index is 10.7. The molecule has 1 atom stereocenters. The molecular formula is C9H22N2O5P+. The predicted octanol–water partition coefficient (Wildman–Crippen LogP) is 1.14. The molecule has 0 heterocycles. The third-order valence-corrected chi connectivity index (χ3v) is 1.81. The maximum Gasteiger partial charge on any atom is 0.694 e. The topological polar surface area (TPSA) is 111 Å². The van der Waals surface area contributed by atoms with Crippen LogP contribution in [0.5, 0.6) is 0 Å². The number of carbonyl (C=O) groups excluding carboxylic acids is 1. The van der Waals surface area contributed by atoms with E-state index in [4.69, 9.17) is 15.4 Å². The molecule has 17 heavy (non-hydrogen) atoms. The minimum Gasteiger partial charge on any atom is -0.450 e. The van der Waals surface area contributed by atoms with Gasteiger partial charge >= 0.3 is 14.3 Å². The van der Waals surface area contributed by atoms with Crippen molar-refractivity contribution < 1.29 is 23.5 Å². The van der Waals surface area contributed by atoms with E-state index in [1.807, 2.05) is 6.92 Å². The van der Waals surface area contributed by atoms with Gasteiger partial charge in [-0.3, -0.25) is 0 Å². The molecule has 1 amide bonds. The van der Waals surface area contributed by atoms with Crippen LogP contribution in [0, 0.1) is 0 Å². The van der Waals surface area contributed by atoms with E-state index in [1.54, 1.807) is 6.92 Å². The Labute approximate surface area is 103 Å². The summed E-state index contributed by atoms with van der Waals surface area (Å²) in [6.45, 7) is 5.57. The monoisotopic (exact) mass is 269 g/mol. The van der Waals surface area contributed by atoms with E-state index in [0.717, 1.165) is 12.8 Å². The molecule has 0 radical (unpaired) electrons. The summed E-state index contributed by atoms with van der Waals surface area (Å²) >= 11 is 0. The Hall–Kier alpha value is -0.750. The molecule has 0 aliphatic rings. The molecule has 0 aromatic carbocycles. The summed E-state index contributed by atoms with van der Waals surface area (Å²) < 4.78 is 18.4. The minimum atomic E-state index is -2.35. The van der Waals surface area contributed by atoms with Crippen LogP contribution in [0.25, 0.3) is 0 Å². The Morgan fingerprint density at radius 2 is 2.12 bits per heavy atom. The number of ether oxygens (including phenoxy) is 1. The molecule has 0 rings (SSSR count). The van der Waals surface area contributed by atoms with E-state index in [9.17, 15) is 9.36 Å². The summed E-state index contributed by atoms with van der Waals surface area (Å²) in [5, 5.41) is 2.58. The number of nitrogens with two attached hydrogens (primary N) is 1. The quantitative estimate of drug-likeness (QED) is 0.472. The van der Waals surface area contributed by atoms with Gasteiger partial charge in [-0.2, -0.15) is 0 Å². The largest absolute Gasteiger partial charge is 0.694 e. The fourth-order valence-corrected chi connectivity index (χ4v) is 0.870. The summed E-state index contributed by atoms with van der Waals surface area (Å²) in [7, 11) is -2.35. The zero-order valence-corrected chi connectivity index (χ0v) is 11.2. The molecule has 102 valence electrons. The first-order chi connectivity index (χ1) is 8.08. The molecule has 0 saturated heterocycles. The van der Waals surface area contributed by atoms with Crippen LogP contribution in [-0.2, 0) is 13.8 Å². The molecule has 0 saturated carbocycles. The van der Waals surface area contributed by atoms with Crippen LogP contribution in [0.15, 0.2) is 0 Å². The molecule has 0 aromatic heterocycles. The highest BCUT2D eigenvalue weighted by molar-refractivity contribution is 7.32. The van der Waals surface area contributed by atoms with Gasteiger partial charge in [0.2, 0.25) is 0 Å². The summed E-state index contributed by atoms with van der Waals surface area (Å²) in [4.78, 5) is 18.5. The van der Waals surface area contributed by atoms with E-state index in [1.165, 1.54) is 0 Å². The molecule has 4 N–H and O–H groups in total. The molecule has 0 aromatic rings. The lowest BCUT2D eigenvalue weighted by Crippen LogP contribution is -2.26. The summed E-state index contributed by atoms with van der Waals surface area (Å²) in [5.74, 6) is 0. The number of nitrogens with one attached hydrogen (secondary N) is 1. The Morgan fingerprint density at radius 3 is 2.47 bits per heavy atom. The van der Waals surface area contributed by atoms with Crippen molar-refractivity contribution in [3.63, 3.8) is 0 Å². The zero-order chi connectivity index (χ0) is 13.5. The number of hydrogen-bond acceptors (Lipinski definition) is 5. The lowest BCUT2D eigenvalue weighted by Gasteiger charge is -2.03. The molecule has 0 spiro atoms. The lowest BCUT2D eigenvalue weighted by atomic mass is 10.4. The second-order valence-electron chi connectivity index (χ2n) is 2.86. The third-order valence-electron chi connectivity index (χ3n) is 1.33. The molecular weight excluding hydrogens is 247 g/mol. The second kappa shape index (κ2) is 15.2. The first-order valence-corrected chi connectivity index (χ1v) is 6.61. The highest BCUT2D eigenvalue weighted by Gasteiger charge is 2.06. The van der Waals surface area contributed by atoms with Crippen LogP contribution in [0.1, 0.15) is 26.7 Å². The smallest absolute Gasteiger partial charge is 0.450 e. The Morgan fingerprint density at radius 1 is 1.47 bits per heavy atom. The van der Waals surface area contributed by atoms with E-state index in [0.29, 0.717) is 26.3 Å². The first-order valence-electron chi connectivity index (χ1n) is 5.48. The zero-order valence-electron chi connectivity index (χ0n) is 10.3. The van der Waals surface area contributed by atoms with Crippen LogP contribution < -0.4 is 11.1 Å². The average molecular weight is 269 g/mol. The van der Waals surface area contributed by atoms with Crippen LogP contribution in [0.2, 0.25) is 0 Å². The van der Waals surface area contributed by atoms with Crippen molar-refractivity contribution in [3.8, 4) is 0 Å². The summed E-state index contributed by atoms with van der Waals surface area (Å²) in [6, 6.07) is 0. The fourth-order valence-electron chi connectivity index (χ4n) is 0.649. The van der Waals surface area contributed by atoms with Crippen molar-refractivity contribution >= 4 is 14.3 Å². The van der Waals surface area contributed by atoms with Gasteiger partial charge in [-0.05, 0) is 26.3 Å². The SMILES string of the molecule is CCCOC(=O)NCCCN.CCO[P+](=O)O. The molecule has 0 bridgehead atoms. The van der Waals surface area contributed by atoms with Crippen molar-refractivity contribution in [1.29, 1.82) is 0 Å². The number of alkyl carbamates (subject to hydrolysis) is 1. The van der Waals surface area contributed by atoms with Crippen molar-refractivity contribution in [2.24, 2.45) is 5.73 Å². The first kappa shape index (κ1) is 18.6. The van der Waals surface area contributed by atoms with Gasteiger partial charge in [-0.1, -0.05) is 6.92 Å². The van der Waals surface area contributed by atoms with Gasteiger partial charge in [0.25, 0.3) is 0 Å². The second-order valence-corrected chi connectivity index (χ2v) is 3.59. The van der Waals surface area contributed by atoms with Crippen molar-refractivity contribution in [2.75, 3.05) is 26.3 Å². The van der Waals surface area contributed by atoms with Gasteiger partial charge in [-0.25, -0.2) is 4.79 Å². The van der Waals surface area contributed by atoms with Crippen molar-refractivity contribution in [2.45, 2.75) is 26.7 Å². The summed E-state index contributed by atoms with van der Waals surface area (Å²) in [5.41, 5.74) is 5.22. The van der Waals surface area contributed by atoms with Crippen molar-refractivity contribution in [3.05, 3.63) is 0 Å². The molecule has 8 heteroatoms. The van der Waals surface area contributed by atoms with Gasteiger partial charge in [0, 0.05) is 11.1 Å². The van der Waals surface area contributed by atoms with Gasteiger partial charge in [-0.15, -0.1) is 9.42 Å². The highest BCUT2D eigenvalue weighted by Crippen LogP contribution is 2.12. The van der Waals surface area contributed by atoms with E-state index in [2.05, 4.69) is 9.84 Å². The number of rotatable bonds is 7. The Kier molecular flexibility index (Phi) is 16.7. The molecule has 0 aliphatic heterocycles. The molecule has 7 nitrogen and oxygen atoms in total. The van der Waals surface area contributed by atoms with Gasteiger partial charge in [0.1, 0.15) is 6.61 Å². The highest BCUT2D eigenvalue weighted by atomic mass is 31.1. The van der Waals surface area contributed by atoms with Gasteiger partial charge in [0.05, 0.1) is 6.61 Å². The average Bonchev–Trinajstić information content (AvgIpc) is 2.27. The van der Waals surface area contributed by atoms with E-state index < -0.39 is 8.25 Å². The van der Waals surface area contributed by atoms with Crippen molar-refractivity contribution in [1.82, 2.24) is 5.32 Å². The van der Waals surface area contributed by atoms with Crippen LogP contribution >= 0.6 is 8.25 Å². The summed E-state index contributed by atoms with van der Waals surface area (Å²) in [6.07, 6.45) is 1.30. The fraction of sp³-hybridized carbons (Fsp3) is 0.889. The van der Waals surface area contributed by atoms with Crippen LogP contribution in [-0.4, -0.2) is 37.3 Å². The molecule has 0 fully saturated rings. The maximum atomic E-state index is 10.7. The third kappa shape index (κ3) is 21.2.